The van der Waals surface area contributed by atoms with Crippen LogP contribution in [0.3, 0.4) is 0 Å². The second-order valence-electron chi connectivity index (χ2n) is 5.66. The van der Waals surface area contributed by atoms with Crippen molar-refractivity contribution in [1.82, 2.24) is 15.4 Å². The van der Waals surface area contributed by atoms with Crippen LogP contribution in [-0.2, 0) is 14.8 Å². The van der Waals surface area contributed by atoms with Crippen molar-refractivity contribution in [3.63, 3.8) is 0 Å². The first-order chi connectivity index (χ1) is 10.9. The van der Waals surface area contributed by atoms with Gasteiger partial charge < -0.3 is 15.4 Å². The highest BCUT2D eigenvalue weighted by atomic mass is 127. The lowest BCUT2D eigenvalue weighted by molar-refractivity contribution is 0.109. The summed E-state index contributed by atoms with van der Waals surface area (Å²) in [5, 5.41) is 6.37. The summed E-state index contributed by atoms with van der Waals surface area (Å²) in [7, 11) is -3.10. The molecule has 0 aliphatic heterocycles. The quantitative estimate of drug-likeness (QED) is 0.162. The molecule has 0 aromatic rings. The number of rotatable bonds is 13. The molecule has 0 spiro atoms. The van der Waals surface area contributed by atoms with Gasteiger partial charge in [-0.3, -0.25) is 4.99 Å². The van der Waals surface area contributed by atoms with E-state index in [0.717, 1.165) is 32.1 Å². The van der Waals surface area contributed by atoms with Gasteiger partial charge in [-0.05, 0) is 32.6 Å². The smallest absolute Gasteiger partial charge is 0.211 e. The Morgan fingerprint density at radius 1 is 1.12 bits per heavy atom. The average molecular weight is 478 g/mol. The van der Waals surface area contributed by atoms with Crippen molar-refractivity contribution in [2.75, 3.05) is 45.1 Å². The van der Waals surface area contributed by atoms with Gasteiger partial charge in [0, 0.05) is 39.4 Å². The van der Waals surface area contributed by atoms with Crippen molar-refractivity contribution in [1.29, 1.82) is 0 Å². The van der Waals surface area contributed by atoms with Crippen LogP contribution >= 0.6 is 24.0 Å². The molecule has 3 N–H and O–H groups in total. The van der Waals surface area contributed by atoms with E-state index in [4.69, 9.17) is 4.74 Å². The maximum absolute atomic E-state index is 11.3. The maximum Gasteiger partial charge on any atom is 0.211 e. The van der Waals surface area contributed by atoms with E-state index in [-0.39, 0.29) is 29.7 Å². The molecular formula is C15H35IN4O3S. The van der Waals surface area contributed by atoms with E-state index in [1.54, 1.807) is 6.92 Å². The van der Waals surface area contributed by atoms with E-state index in [0.29, 0.717) is 32.0 Å². The van der Waals surface area contributed by atoms with Crippen LogP contribution in [0.5, 0.6) is 0 Å². The highest BCUT2D eigenvalue weighted by Gasteiger charge is 2.04. The lowest BCUT2D eigenvalue weighted by Crippen LogP contribution is -2.39. The molecule has 0 aliphatic carbocycles. The predicted molar refractivity (Wildman–Crippen MR) is 112 cm³/mol. The molecule has 0 atom stereocenters. The number of hydrogen-bond acceptors (Lipinski definition) is 4. The number of nitrogens with zero attached hydrogens (tertiary/aromatic N) is 1. The number of guanidine groups is 1. The summed E-state index contributed by atoms with van der Waals surface area (Å²) in [6.45, 7) is 12.0. The molecule has 0 saturated carbocycles. The Morgan fingerprint density at radius 2 is 1.83 bits per heavy atom. The molecule has 0 heterocycles. The van der Waals surface area contributed by atoms with Crippen molar-refractivity contribution >= 4 is 40.0 Å². The standard InChI is InChI=1S/C15H34N4O3S.HI/c1-5-16-15(18-10-8-12-22-13-14(3)4)17-9-7-11-19-23(20,21)6-2;/h14,19H,5-13H2,1-4H3,(H2,16,17,18);1H. The first-order valence-corrected chi connectivity index (χ1v) is 10.1. The van der Waals surface area contributed by atoms with Crippen molar-refractivity contribution in [2.24, 2.45) is 10.9 Å². The Bertz CT molecular complexity index is 417. The average Bonchev–Trinajstić information content (AvgIpc) is 2.49. The number of sulfonamides is 1. The van der Waals surface area contributed by atoms with Crippen molar-refractivity contribution in [2.45, 2.75) is 40.5 Å². The third-order valence-corrected chi connectivity index (χ3v) is 4.26. The molecule has 0 aromatic carbocycles. The summed E-state index contributed by atoms with van der Waals surface area (Å²) in [4.78, 5) is 4.47. The minimum Gasteiger partial charge on any atom is -0.381 e. The van der Waals surface area contributed by atoms with Gasteiger partial charge >= 0.3 is 0 Å². The Morgan fingerprint density at radius 3 is 2.42 bits per heavy atom. The van der Waals surface area contributed by atoms with Crippen LogP contribution in [0.15, 0.2) is 4.99 Å². The van der Waals surface area contributed by atoms with E-state index in [9.17, 15) is 8.42 Å². The van der Waals surface area contributed by atoms with E-state index >= 15 is 0 Å². The lowest BCUT2D eigenvalue weighted by Gasteiger charge is -2.11. The summed E-state index contributed by atoms with van der Waals surface area (Å²) < 4.78 is 30.6. The molecule has 0 fully saturated rings. The maximum atomic E-state index is 11.3. The monoisotopic (exact) mass is 478 g/mol. The van der Waals surface area contributed by atoms with Crippen LogP contribution in [0.2, 0.25) is 0 Å². The molecule has 0 unspecified atom stereocenters. The van der Waals surface area contributed by atoms with Gasteiger partial charge in [-0.2, -0.15) is 0 Å². The second kappa shape index (κ2) is 16.3. The van der Waals surface area contributed by atoms with Gasteiger partial charge in [-0.25, -0.2) is 13.1 Å². The van der Waals surface area contributed by atoms with Crippen LogP contribution < -0.4 is 15.4 Å². The van der Waals surface area contributed by atoms with Crippen molar-refractivity contribution in [3.8, 4) is 0 Å². The zero-order chi connectivity index (χ0) is 17.6. The lowest BCUT2D eigenvalue weighted by atomic mass is 10.2. The fourth-order valence-electron chi connectivity index (χ4n) is 1.64. The Kier molecular flexibility index (Phi) is 17.8. The van der Waals surface area contributed by atoms with E-state index in [2.05, 4.69) is 34.2 Å². The second-order valence-corrected chi connectivity index (χ2v) is 7.76. The minimum atomic E-state index is -3.10. The van der Waals surface area contributed by atoms with Crippen LogP contribution in [0.25, 0.3) is 0 Å². The SMILES string of the molecule is CCNC(=NCCCOCC(C)C)NCCCNS(=O)(=O)CC.I. The molecule has 0 aromatic heterocycles. The molecule has 0 bridgehead atoms. The predicted octanol–water partition coefficient (Wildman–Crippen LogP) is 1.55. The highest BCUT2D eigenvalue weighted by molar-refractivity contribution is 14.0. The topological polar surface area (TPSA) is 91.8 Å². The first kappa shape index (κ1) is 26.1. The van der Waals surface area contributed by atoms with E-state index < -0.39 is 10.0 Å². The summed E-state index contributed by atoms with van der Waals surface area (Å²) >= 11 is 0. The molecule has 7 nitrogen and oxygen atoms in total. The molecule has 0 amide bonds. The summed E-state index contributed by atoms with van der Waals surface area (Å²) in [5.74, 6) is 1.43. The molecule has 24 heavy (non-hydrogen) atoms. The van der Waals surface area contributed by atoms with Gasteiger partial charge in [0.15, 0.2) is 5.96 Å². The zero-order valence-corrected chi connectivity index (χ0v) is 18.6. The van der Waals surface area contributed by atoms with Crippen LogP contribution in [0.4, 0.5) is 0 Å². The fourth-order valence-corrected chi connectivity index (χ4v) is 2.30. The Balaban J connectivity index is 0. The van der Waals surface area contributed by atoms with Crippen LogP contribution in [0.1, 0.15) is 40.5 Å². The molecule has 0 radical (unpaired) electrons. The number of hydrogen-bond donors (Lipinski definition) is 3. The highest BCUT2D eigenvalue weighted by Crippen LogP contribution is 1.93. The van der Waals surface area contributed by atoms with E-state index in [1.165, 1.54) is 0 Å². The summed E-state index contributed by atoms with van der Waals surface area (Å²) in [5.41, 5.74) is 0. The molecule has 9 heteroatoms. The number of ether oxygens (including phenoxy) is 1. The zero-order valence-electron chi connectivity index (χ0n) is 15.4. The molecule has 146 valence electrons. The fraction of sp³-hybridized carbons (Fsp3) is 0.933. The van der Waals surface area contributed by atoms with Gasteiger partial charge in [-0.1, -0.05) is 13.8 Å². The Hall–Kier alpha value is -0.130. The third-order valence-electron chi connectivity index (χ3n) is 2.86. The molecule has 0 aliphatic rings. The normalized spacial score (nSPS) is 12.1. The molecule has 0 rings (SSSR count). The van der Waals surface area contributed by atoms with Gasteiger partial charge in [0.05, 0.1) is 5.75 Å². The van der Waals surface area contributed by atoms with Gasteiger partial charge in [0.1, 0.15) is 0 Å². The van der Waals surface area contributed by atoms with Crippen LogP contribution in [-0.4, -0.2) is 59.5 Å². The first-order valence-electron chi connectivity index (χ1n) is 8.48. The number of aliphatic imine (C=N–C) groups is 1. The minimum absolute atomic E-state index is 0. The molecule has 0 saturated heterocycles. The van der Waals surface area contributed by atoms with Gasteiger partial charge in [0.2, 0.25) is 10.0 Å². The van der Waals surface area contributed by atoms with E-state index in [1.807, 2.05) is 6.92 Å². The summed E-state index contributed by atoms with van der Waals surface area (Å²) in [6, 6.07) is 0. The van der Waals surface area contributed by atoms with Gasteiger partial charge in [0.25, 0.3) is 0 Å². The van der Waals surface area contributed by atoms with Crippen molar-refractivity contribution < 1.29 is 13.2 Å². The van der Waals surface area contributed by atoms with Gasteiger partial charge in [-0.15, -0.1) is 24.0 Å². The number of nitrogens with one attached hydrogen (secondary N) is 3. The Labute approximate surface area is 164 Å². The van der Waals surface area contributed by atoms with Crippen LogP contribution in [0, 0.1) is 5.92 Å². The van der Waals surface area contributed by atoms with Crippen molar-refractivity contribution in [3.05, 3.63) is 0 Å². The molecular weight excluding hydrogens is 443 g/mol. The summed E-state index contributed by atoms with van der Waals surface area (Å²) in [6.07, 6.45) is 1.60. The number of halogens is 1. The third kappa shape index (κ3) is 16.7. The largest absolute Gasteiger partial charge is 0.381 e.